The maximum Gasteiger partial charge on any atom is 0.314 e. The number of ether oxygens (including phenoxy) is 1. The summed E-state index contributed by atoms with van der Waals surface area (Å²) >= 11 is 0. The van der Waals surface area contributed by atoms with Gasteiger partial charge in [0.15, 0.2) is 6.23 Å². The highest BCUT2D eigenvalue weighted by Crippen LogP contribution is 2.34. The van der Waals surface area contributed by atoms with Crippen molar-refractivity contribution in [3.8, 4) is 0 Å². The summed E-state index contributed by atoms with van der Waals surface area (Å²) < 4.78 is 21.1. The van der Waals surface area contributed by atoms with E-state index < -0.39 is 11.8 Å². The van der Waals surface area contributed by atoms with E-state index in [2.05, 4.69) is 22.3 Å². The van der Waals surface area contributed by atoms with Gasteiger partial charge in [0.2, 0.25) is 0 Å². The third-order valence-electron chi connectivity index (χ3n) is 6.70. The largest absolute Gasteiger partial charge is 0.356 e. The molecule has 3 atom stereocenters. The molecule has 0 aliphatic carbocycles. The fourth-order valence-electron chi connectivity index (χ4n) is 4.94. The van der Waals surface area contributed by atoms with Gasteiger partial charge in [0, 0.05) is 24.7 Å². The number of likely N-dealkylation sites (tertiary alicyclic amines) is 1. The summed E-state index contributed by atoms with van der Waals surface area (Å²) in [5.41, 5.74) is 1.93. The third-order valence-corrected chi connectivity index (χ3v) is 6.70. The molecule has 1 N–H and O–H groups in total. The lowest BCUT2D eigenvalue weighted by atomic mass is 9.90. The number of anilines is 1. The molecule has 2 amide bonds. The van der Waals surface area contributed by atoms with Gasteiger partial charge >= 0.3 is 11.8 Å². The molecule has 1 unspecified atom stereocenters. The van der Waals surface area contributed by atoms with Gasteiger partial charge in [-0.3, -0.25) is 14.6 Å². The van der Waals surface area contributed by atoms with E-state index in [1.54, 1.807) is 34.1 Å². The van der Waals surface area contributed by atoms with Gasteiger partial charge < -0.3 is 15.0 Å². The fourth-order valence-corrected chi connectivity index (χ4v) is 4.94. The van der Waals surface area contributed by atoms with Gasteiger partial charge in [-0.15, -0.1) is 0 Å². The molecule has 8 nitrogen and oxygen atoms in total. The van der Waals surface area contributed by atoms with Crippen LogP contribution < -0.4 is 5.32 Å². The highest BCUT2D eigenvalue weighted by atomic mass is 19.1. The second kappa shape index (κ2) is 9.50. The smallest absolute Gasteiger partial charge is 0.314 e. The summed E-state index contributed by atoms with van der Waals surface area (Å²) in [6.45, 7) is 3.19. The number of carbonyl (C=O) groups excluding carboxylic acids is 2. The van der Waals surface area contributed by atoms with Gasteiger partial charge in [-0.2, -0.15) is 5.10 Å². The van der Waals surface area contributed by atoms with E-state index in [9.17, 15) is 14.0 Å². The molecule has 4 heterocycles. The molecule has 1 aromatic carbocycles. The lowest BCUT2D eigenvalue weighted by Crippen LogP contribution is -2.46. The van der Waals surface area contributed by atoms with Crippen LogP contribution in [0.2, 0.25) is 0 Å². The van der Waals surface area contributed by atoms with Crippen molar-refractivity contribution in [1.82, 2.24) is 19.7 Å². The van der Waals surface area contributed by atoms with Gasteiger partial charge in [0.25, 0.3) is 0 Å². The van der Waals surface area contributed by atoms with Crippen molar-refractivity contribution < 1.29 is 18.7 Å². The monoisotopic (exact) mass is 465 g/mol. The van der Waals surface area contributed by atoms with Gasteiger partial charge in [-0.05, 0) is 55.7 Å². The van der Waals surface area contributed by atoms with E-state index in [0.717, 1.165) is 43.1 Å². The van der Waals surface area contributed by atoms with Gasteiger partial charge in [0.1, 0.15) is 5.82 Å². The zero-order valence-corrected chi connectivity index (χ0v) is 19.1. The summed E-state index contributed by atoms with van der Waals surface area (Å²) in [4.78, 5) is 32.3. The van der Waals surface area contributed by atoms with Crippen molar-refractivity contribution in [2.75, 3.05) is 18.5 Å². The van der Waals surface area contributed by atoms with Crippen LogP contribution in [0.3, 0.4) is 0 Å². The van der Waals surface area contributed by atoms with Crippen LogP contribution in [-0.4, -0.2) is 44.6 Å². The van der Waals surface area contributed by atoms with Crippen LogP contribution in [-0.2, 0) is 14.3 Å². The Morgan fingerprint density at radius 3 is 2.68 bits per heavy atom. The van der Waals surface area contributed by atoms with E-state index in [4.69, 9.17) is 4.74 Å². The van der Waals surface area contributed by atoms with E-state index in [0.29, 0.717) is 24.4 Å². The van der Waals surface area contributed by atoms with Crippen molar-refractivity contribution in [2.45, 2.75) is 51.3 Å². The molecule has 2 aliphatic heterocycles. The van der Waals surface area contributed by atoms with Crippen molar-refractivity contribution in [2.24, 2.45) is 5.92 Å². The molecule has 2 aromatic heterocycles. The minimum atomic E-state index is -0.729. The zero-order valence-electron chi connectivity index (χ0n) is 19.1. The van der Waals surface area contributed by atoms with E-state index in [1.807, 2.05) is 0 Å². The second-order valence-electron chi connectivity index (χ2n) is 9.20. The van der Waals surface area contributed by atoms with E-state index in [-0.39, 0.29) is 24.0 Å². The number of benzene rings is 1. The SMILES string of the molecule is C[C@H]1CC[C@H](c2ccc(F)cc2)N(C(=O)C(=O)Nc2cncc3cnn(C4CCCCO4)c23)C1. The molecule has 178 valence electrons. The Morgan fingerprint density at radius 1 is 1.09 bits per heavy atom. The molecule has 34 heavy (non-hydrogen) atoms. The number of halogens is 1. The Labute approximate surface area is 197 Å². The predicted octanol–water partition coefficient (Wildman–Crippen LogP) is 4.21. The summed E-state index contributed by atoms with van der Waals surface area (Å²) in [6, 6.07) is 5.86. The Kier molecular flexibility index (Phi) is 6.28. The molecule has 3 aromatic rings. The van der Waals surface area contributed by atoms with Crippen molar-refractivity contribution >= 4 is 28.4 Å². The van der Waals surface area contributed by atoms with Crippen LogP contribution >= 0.6 is 0 Å². The van der Waals surface area contributed by atoms with Crippen LogP contribution in [0.15, 0.2) is 42.9 Å². The quantitative estimate of drug-likeness (QED) is 0.586. The average molecular weight is 466 g/mol. The molecule has 2 fully saturated rings. The van der Waals surface area contributed by atoms with Crippen LogP contribution in [0.1, 0.15) is 56.9 Å². The number of rotatable bonds is 3. The number of amides is 2. The normalized spacial score (nSPS) is 23.1. The highest BCUT2D eigenvalue weighted by molar-refractivity contribution is 6.40. The highest BCUT2D eigenvalue weighted by Gasteiger charge is 2.34. The topological polar surface area (TPSA) is 89.4 Å². The van der Waals surface area contributed by atoms with Gasteiger partial charge in [-0.1, -0.05) is 19.1 Å². The van der Waals surface area contributed by atoms with Crippen LogP contribution in [0.4, 0.5) is 10.1 Å². The molecule has 0 bridgehead atoms. The molecule has 2 saturated heterocycles. The first-order valence-corrected chi connectivity index (χ1v) is 11.8. The predicted molar refractivity (Wildman–Crippen MR) is 124 cm³/mol. The number of fused-ring (bicyclic) bond motifs is 1. The third kappa shape index (κ3) is 4.40. The minimum Gasteiger partial charge on any atom is -0.356 e. The number of hydrogen-bond donors (Lipinski definition) is 1. The molecule has 2 aliphatic rings. The van der Waals surface area contributed by atoms with E-state index in [1.165, 1.54) is 18.3 Å². The number of nitrogens with zero attached hydrogens (tertiary/aromatic N) is 4. The number of nitrogens with one attached hydrogen (secondary N) is 1. The number of piperidine rings is 1. The number of aromatic nitrogens is 3. The summed E-state index contributed by atoms with van der Waals surface area (Å²) in [5.74, 6) is -1.41. The first-order chi connectivity index (χ1) is 16.5. The van der Waals surface area contributed by atoms with Gasteiger partial charge in [-0.25, -0.2) is 9.07 Å². The fraction of sp³-hybridized carbons (Fsp3) is 0.440. The maximum atomic E-state index is 13.4. The molecular formula is C25H28FN5O3. The molecule has 0 radical (unpaired) electrons. The first kappa shape index (κ1) is 22.5. The van der Waals surface area contributed by atoms with Gasteiger partial charge in [0.05, 0.1) is 29.6 Å². The molecule has 0 saturated carbocycles. The Hall–Kier alpha value is -3.33. The molecule has 9 heteroatoms. The standard InChI is InChI=1S/C25H28FN5O3/c1-16-5-10-21(17-6-8-19(26)9-7-17)30(15-16)25(33)24(32)29-20-14-27-12-18-13-28-31(23(18)20)22-4-2-3-11-34-22/h6-9,12-14,16,21-22H,2-5,10-11,15H2,1H3,(H,29,32)/t16-,21+,22?/m0/s1. The lowest BCUT2D eigenvalue weighted by molar-refractivity contribution is -0.146. The second-order valence-corrected chi connectivity index (χ2v) is 9.20. The molecule has 0 spiro atoms. The summed E-state index contributed by atoms with van der Waals surface area (Å²) in [6.07, 6.45) is 9.21. The van der Waals surface area contributed by atoms with Crippen LogP contribution in [0, 0.1) is 11.7 Å². The summed E-state index contributed by atoms with van der Waals surface area (Å²) in [7, 11) is 0. The maximum absolute atomic E-state index is 13.4. The van der Waals surface area contributed by atoms with Crippen molar-refractivity contribution in [1.29, 1.82) is 0 Å². The number of carbonyl (C=O) groups is 2. The summed E-state index contributed by atoms with van der Waals surface area (Å²) in [5, 5.41) is 8.00. The lowest BCUT2D eigenvalue weighted by Gasteiger charge is -2.38. The first-order valence-electron chi connectivity index (χ1n) is 11.8. The minimum absolute atomic E-state index is 0.217. The Balaban J connectivity index is 1.40. The van der Waals surface area contributed by atoms with Crippen LogP contribution in [0.5, 0.6) is 0 Å². The zero-order chi connectivity index (χ0) is 23.7. The Morgan fingerprint density at radius 2 is 1.91 bits per heavy atom. The van der Waals surface area contributed by atoms with Crippen molar-refractivity contribution in [3.63, 3.8) is 0 Å². The molecular weight excluding hydrogens is 437 g/mol. The number of pyridine rings is 1. The van der Waals surface area contributed by atoms with Crippen molar-refractivity contribution in [3.05, 3.63) is 54.2 Å². The van der Waals surface area contributed by atoms with Crippen LogP contribution in [0.25, 0.3) is 10.9 Å². The average Bonchev–Trinajstić information content (AvgIpc) is 3.30. The molecule has 5 rings (SSSR count). The van der Waals surface area contributed by atoms with E-state index >= 15 is 0 Å². The number of hydrogen-bond acceptors (Lipinski definition) is 5. The Bertz CT molecular complexity index is 1190.